The van der Waals surface area contributed by atoms with Crippen LogP contribution in [0.5, 0.6) is 0 Å². The van der Waals surface area contributed by atoms with E-state index in [1.165, 1.54) is 11.1 Å². The first-order chi connectivity index (χ1) is 6.20. The molecule has 1 aromatic rings. The Morgan fingerprint density at radius 3 is 1.23 bits per heavy atom. The molecule has 0 atom stereocenters. The van der Waals surface area contributed by atoms with Crippen molar-refractivity contribution in [2.75, 3.05) is 6.61 Å². The molecule has 0 unspecified atom stereocenters. The Kier molecular flexibility index (Phi) is 12.6. The van der Waals surface area contributed by atoms with E-state index < -0.39 is 0 Å². The van der Waals surface area contributed by atoms with Gasteiger partial charge in [0.15, 0.2) is 0 Å². The highest BCUT2D eigenvalue weighted by Gasteiger charge is 1.79. The van der Waals surface area contributed by atoms with Gasteiger partial charge in [-0.15, -0.1) is 0 Å². The molecule has 0 amide bonds. The van der Waals surface area contributed by atoms with Crippen LogP contribution in [0.2, 0.25) is 0 Å². The molecular weight excluding hydrogens is 160 g/mol. The van der Waals surface area contributed by atoms with Gasteiger partial charge in [-0.1, -0.05) is 49.2 Å². The molecule has 0 heterocycles. The summed E-state index contributed by atoms with van der Waals surface area (Å²) in [6, 6.07) is 8.48. The first-order valence-corrected chi connectivity index (χ1v) is 4.84. The molecule has 0 saturated heterocycles. The zero-order valence-electron chi connectivity index (χ0n) is 9.46. The lowest BCUT2D eigenvalue weighted by atomic mass is 10.2. The standard InChI is InChI=1S/C8H10.C2H6O.C2H6/c1-7-3-5-8(2)6-4-7;1-2-3;1-2/h3-6H,1-2H3;3H,2H2,1H3;1-2H3. The largest absolute Gasteiger partial charge is 0.397 e. The monoisotopic (exact) mass is 182 g/mol. The van der Waals surface area contributed by atoms with E-state index in [0.717, 1.165) is 0 Å². The zero-order chi connectivity index (χ0) is 10.7. The summed E-state index contributed by atoms with van der Waals surface area (Å²) < 4.78 is 0. The number of benzene rings is 1. The van der Waals surface area contributed by atoms with Crippen molar-refractivity contribution >= 4 is 0 Å². The van der Waals surface area contributed by atoms with Crippen LogP contribution in [0.4, 0.5) is 0 Å². The van der Waals surface area contributed by atoms with Crippen molar-refractivity contribution < 1.29 is 5.11 Å². The summed E-state index contributed by atoms with van der Waals surface area (Å²) in [5.74, 6) is 0. The van der Waals surface area contributed by atoms with E-state index in [1.54, 1.807) is 6.92 Å². The molecule has 0 bridgehead atoms. The van der Waals surface area contributed by atoms with Crippen molar-refractivity contribution in [1.82, 2.24) is 0 Å². The number of hydrogen-bond donors (Lipinski definition) is 1. The number of aliphatic hydroxyl groups excluding tert-OH is 1. The van der Waals surface area contributed by atoms with Gasteiger partial charge in [-0.2, -0.15) is 0 Å². The van der Waals surface area contributed by atoms with E-state index in [9.17, 15) is 0 Å². The van der Waals surface area contributed by atoms with Crippen LogP contribution in [-0.4, -0.2) is 11.7 Å². The lowest BCUT2D eigenvalue weighted by Crippen LogP contribution is -1.70. The lowest BCUT2D eigenvalue weighted by molar-refractivity contribution is 0.318. The molecule has 0 fully saturated rings. The van der Waals surface area contributed by atoms with Crippen molar-refractivity contribution in [3.05, 3.63) is 35.4 Å². The molecule has 0 spiro atoms. The molecule has 1 heteroatoms. The molecule has 1 aromatic carbocycles. The van der Waals surface area contributed by atoms with E-state index in [4.69, 9.17) is 5.11 Å². The van der Waals surface area contributed by atoms with Crippen LogP contribution in [0.15, 0.2) is 24.3 Å². The smallest absolute Gasteiger partial charge is 0.0402 e. The number of aliphatic hydroxyl groups is 1. The number of rotatable bonds is 0. The highest BCUT2D eigenvalue weighted by Crippen LogP contribution is 1.99. The maximum Gasteiger partial charge on any atom is 0.0402 e. The molecule has 0 aromatic heterocycles. The third-order valence-electron chi connectivity index (χ3n) is 1.22. The second-order valence-corrected chi connectivity index (χ2v) is 2.47. The minimum atomic E-state index is 0.250. The van der Waals surface area contributed by atoms with Gasteiger partial charge in [0, 0.05) is 6.61 Å². The Bertz CT molecular complexity index is 156. The molecule has 76 valence electrons. The quantitative estimate of drug-likeness (QED) is 0.652. The van der Waals surface area contributed by atoms with Crippen LogP contribution in [0, 0.1) is 13.8 Å². The van der Waals surface area contributed by atoms with Crippen LogP contribution < -0.4 is 0 Å². The average molecular weight is 182 g/mol. The SMILES string of the molecule is CC.CCO.Cc1ccc(C)cc1. The molecule has 13 heavy (non-hydrogen) atoms. The van der Waals surface area contributed by atoms with Gasteiger partial charge >= 0.3 is 0 Å². The van der Waals surface area contributed by atoms with Gasteiger partial charge in [-0.3, -0.25) is 0 Å². The predicted molar refractivity (Wildman–Crippen MR) is 60.0 cm³/mol. The average Bonchev–Trinajstić information content (AvgIpc) is 2.15. The highest BCUT2D eigenvalue weighted by atomic mass is 16.2. The van der Waals surface area contributed by atoms with Crippen molar-refractivity contribution in [1.29, 1.82) is 0 Å². The van der Waals surface area contributed by atoms with Crippen LogP contribution in [0.1, 0.15) is 31.9 Å². The summed E-state index contributed by atoms with van der Waals surface area (Å²) >= 11 is 0. The summed E-state index contributed by atoms with van der Waals surface area (Å²) in [4.78, 5) is 0. The van der Waals surface area contributed by atoms with E-state index in [0.29, 0.717) is 0 Å². The Morgan fingerprint density at radius 1 is 0.923 bits per heavy atom. The maximum absolute atomic E-state index is 7.57. The first kappa shape index (κ1) is 14.7. The fraction of sp³-hybridized carbons (Fsp3) is 0.500. The molecule has 1 nitrogen and oxygen atoms in total. The van der Waals surface area contributed by atoms with Gasteiger partial charge in [-0.05, 0) is 20.8 Å². The summed E-state index contributed by atoms with van der Waals surface area (Å²) in [7, 11) is 0. The topological polar surface area (TPSA) is 20.2 Å². The molecule has 0 saturated carbocycles. The second kappa shape index (κ2) is 11.2. The third kappa shape index (κ3) is 11.2. The van der Waals surface area contributed by atoms with Crippen LogP contribution in [-0.2, 0) is 0 Å². The minimum Gasteiger partial charge on any atom is -0.397 e. The lowest BCUT2D eigenvalue weighted by Gasteiger charge is -1.90. The molecule has 1 N–H and O–H groups in total. The van der Waals surface area contributed by atoms with Crippen LogP contribution in [0.3, 0.4) is 0 Å². The van der Waals surface area contributed by atoms with E-state index in [1.807, 2.05) is 13.8 Å². The fourth-order valence-electron chi connectivity index (χ4n) is 0.637. The zero-order valence-corrected chi connectivity index (χ0v) is 9.46. The Morgan fingerprint density at radius 2 is 1.08 bits per heavy atom. The minimum absolute atomic E-state index is 0.250. The molecule has 1 rings (SSSR count). The van der Waals surface area contributed by atoms with Crippen molar-refractivity contribution in [2.45, 2.75) is 34.6 Å². The summed E-state index contributed by atoms with van der Waals surface area (Å²) in [5, 5.41) is 7.57. The number of hydrogen-bond acceptors (Lipinski definition) is 1. The Hall–Kier alpha value is -0.820. The van der Waals surface area contributed by atoms with Gasteiger partial charge in [-0.25, -0.2) is 0 Å². The summed E-state index contributed by atoms with van der Waals surface area (Å²) in [6.07, 6.45) is 0. The molecular formula is C12H22O. The third-order valence-corrected chi connectivity index (χ3v) is 1.22. The van der Waals surface area contributed by atoms with Gasteiger partial charge < -0.3 is 5.11 Å². The normalized spacial score (nSPS) is 7.54. The summed E-state index contributed by atoms with van der Waals surface area (Å²) in [6.45, 7) is 10.1. The summed E-state index contributed by atoms with van der Waals surface area (Å²) in [5.41, 5.74) is 2.66. The predicted octanol–water partition coefficient (Wildman–Crippen LogP) is 3.33. The van der Waals surface area contributed by atoms with Crippen molar-refractivity contribution in [3.8, 4) is 0 Å². The fourth-order valence-corrected chi connectivity index (χ4v) is 0.637. The Balaban J connectivity index is 0. The maximum atomic E-state index is 7.57. The highest BCUT2D eigenvalue weighted by molar-refractivity contribution is 5.19. The van der Waals surface area contributed by atoms with Gasteiger partial charge in [0.25, 0.3) is 0 Å². The first-order valence-electron chi connectivity index (χ1n) is 4.84. The van der Waals surface area contributed by atoms with Crippen molar-refractivity contribution in [3.63, 3.8) is 0 Å². The van der Waals surface area contributed by atoms with Crippen molar-refractivity contribution in [2.24, 2.45) is 0 Å². The van der Waals surface area contributed by atoms with Gasteiger partial charge in [0.1, 0.15) is 0 Å². The van der Waals surface area contributed by atoms with E-state index >= 15 is 0 Å². The molecule has 0 aliphatic rings. The second-order valence-electron chi connectivity index (χ2n) is 2.47. The van der Waals surface area contributed by atoms with Gasteiger partial charge in [0.2, 0.25) is 0 Å². The molecule has 0 aliphatic heterocycles. The van der Waals surface area contributed by atoms with E-state index in [2.05, 4.69) is 38.1 Å². The van der Waals surface area contributed by atoms with Crippen LogP contribution >= 0.6 is 0 Å². The van der Waals surface area contributed by atoms with E-state index in [-0.39, 0.29) is 6.61 Å². The molecule has 0 aliphatic carbocycles. The molecule has 0 radical (unpaired) electrons. The van der Waals surface area contributed by atoms with Gasteiger partial charge in [0.05, 0.1) is 0 Å². The number of aryl methyl sites for hydroxylation is 2. The van der Waals surface area contributed by atoms with Crippen LogP contribution in [0.25, 0.3) is 0 Å². The Labute approximate surface area is 82.4 Å².